The van der Waals surface area contributed by atoms with Crippen molar-refractivity contribution in [1.82, 2.24) is 14.6 Å². The molecule has 0 unspecified atom stereocenters. The fourth-order valence-electron chi connectivity index (χ4n) is 1.99. The maximum Gasteiger partial charge on any atom is 0.416 e. The molecule has 0 aliphatic heterocycles. The summed E-state index contributed by atoms with van der Waals surface area (Å²) < 4.78 is 38.9. The molecule has 0 radical (unpaired) electrons. The lowest BCUT2D eigenvalue weighted by molar-refractivity contribution is -0.137. The van der Waals surface area contributed by atoms with Crippen molar-refractivity contribution in [2.75, 3.05) is 5.32 Å². The molecule has 1 aromatic carbocycles. The highest BCUT2D eigenvalue weighted by Crippen LogP contribution is 2.30. The third-order valence-corrected chi connectivity index (χ3v) is 3.68. The van der Waals surface area contributed by atoms with Crippen LogP contribution < -0.4 is 5.32 Å². The molecule has 2 aromatic heterocycles. The van der Waals surface area contributed by atoms with Crippen LogP contribution in [0.1, 0.15) is 21.7 Å². The van der Waals surface area contributed by atoms with E-state index >= 15 is 0 Å². The molecule has 0 fully saturated rings. The molecule has 0 aliphatic rings. The van der Waals surface area contributed by atoms with Crippen molar-refractivity contribution in [3.05, 3.63) is 46.7 Å². The lowest BCUT2D eigenvalue weighted by Crippen LogP contribution is -2.16. The van der Waals surface area contributed by atoms with E-state index in [1.54, 1.807) is 12.4 Å². The molecule has 114 valence electrons. The quantitative estimate of drug-likeness (QED) is 0.785. The fourth-order valence-corrected chi connectivity index (χ4v) is 2.65. The van der Waals surface area contributed by atoms with Gasteiger partial charge in [-0.25, -0.2) is 4.98 Å². The number of aryl methyl sites for hydroxylation is 1. The Kier molecular flexibility index (Phi) is 3.36. The van der Waals surface area contributed by atoms with E-state index < -0.39 is 17.6 Å². The van der Waals surface area contributed by atoms with Crippen LogP contribution in [0.25, 0.3) is 4.96 Å². The molecule has 0 atom stereocenters. The number of imidazole rings is 1. The van der Waals surface area contributed by atoms with E-state index in [4.69, 9.17) is 0 Å². The maximum atomic E-state index is 12.5. The van der Waals surface area contributed by atoms with Crippen LogP contribution in [0.15, 0.2) is 29.8 Å². The number of carbonyl (C=O) groups is 1. The Morgan fingerprint density at radius 2 is 1.95 bits per heavy atom. The Balaban J connectivity index is 1.85. The molecule has 22 heavy (non-hydrogen) atoms. The van der Waals surface area contributed by atoms with Crippen molar-refractivity contribution in [1.29, 1.82) is 0 Å². The molecular formula is C13H9F3N4OS. The monoisotopic (exact) mass is 326 g/mol. The molecule has 0 saturated carbocycles. The topological polar surface area (TPSA) is 59.3 Å². The van der Waals surface area contributed by atoms with Gasteiger partial charge in [-0.3, -0.25) is 4.79 Å². The number of anilines is 1. The van der Waals surface area contributed by atoms with E-state index in [1.807, 2.05) is 0 Å². The molecule has 2 heterocycles. The van der Waals surface area contributed by atoms with Gasteiger partial charge in [0.25, 0.3) is 5.91 Å². The normalized spacial score (nSPS) is 11.8. The van der Waals surface area contributed by atoms with E-state index in [2.05, 4.69) is 15.4 Å². The standard InChI is InChI=1S/C13H9F3N4OS/c1-7-10(20-12(18-7)22-6-17-20)11(21)19-9-4-2-8(3-5-9)13(14,15)16/h2-6H,1H3,(H,19,21). The minimum atomic E-state index is -4.41. The van der Waals surface area contributed by atoms with Crippen LogP contribution in [-0.2, 0) is 6.18 Å². The molecule has 9 heteroatoms. The number of hydrogen-bond acceptors (Lipinski definition) is 4. The number of carbonyl (C=O) groups excluding carboxylic acids is 1. The van der Waals surface area contributed by atoms with E-state index in [0.717, 1.165) is 12.1 Å². The van der Waals surface area contributed by atoms with Crippen LogP contribution in [0.5, 0.6) is 0 Å². The Morgan fingerprint density at radius 3 is 2.59 bits per heavy atom. The first-order chi connectivity index (χ1) is 10.4. The Morgan fingerprint density at radius 1 is 1.27 bits per heavy atom. The number of halogens is 3. The summed E-state index contributed by atoms with van der Waals surface area (Å²) in [5, 5.41) is 6.55. The SMILES string of the molecule is Cc1nc2scnn2c1C(=O)Nc1ccc(C(F)(F)F)cc1. The van der Waals surface area contributed by atoms with Crippen molar-refractivity contribution in [2.24, 2.45) is 0 Å². The second-order valence-electron chi connectivity index (χ2n) is 4.51. The minimum absolute atomic E-state index is 0.260. The van der Waals surface area contributed by atoms with Gasteiger partial charge in [-0.2, -0.15) is 22.8 Å². The van der Waals surface area contributed by atoms with Gasteiger partial charge in [0.15, 0.2) is 5.69 Å². The molecule has 0 aliphatic carbocycles. The number of nitrogens with one attached hydrogen (secondary N) is 1. The van der Waals surface area contributed by atoms with Gasteiger partial charge in [-0.1, -0.05) is 11.3 Å². The average Bonchev–Trinajstić information content (AvgIpc) is 2.97. The molecule has 3 rings (SSSR count). The van der Waals surface area contributed by atoms with Crippen LogP contribution >= 0.6 is 11.3 Å². The van der Waals surface area contributed by atoms with Crippen LogP contribution in [0.2, 0.25) is 0 Å². The smallest absolute Gasteiger partial charge is 0.321 e. The highest BCUT2D eigenvalue weighted by atomic mass is 32.1. The molecule has 1 N–H and O–H groups in total. The van der Waals surface area contributed by atoms with E-state index in [1.165, 1.54) is 28.0 Å². The molecule has 1 amide bonds. The number of benzene rings is 1. The van der Waals surface area contributed by atoms with Crippen molar-refractivity contribution >= 4 is 27.9 Å². The van der Waals surface area contributed by atoms with Crippen LogP contribution in [0.3, 0.4) is 0 Å². The van der Waals surface area contributed by atoms with Crippen molar-refractivity contribution in [3.63, 3.8) is 0 Å². The zero-order valence-electron chi connectivity index (χ0n) is 11.2. The lowest BCUT2D eigenvalue weighted by atomic mass is 10.2. The van der Waals surface area contributed by atoms with Gasteiger partial charge >= 0.3 is 6.18 Å². The van der Waals surface area contributed by atoms with E-state index in [0.29, 0.717) is 10.7 Å². The number of hydrogen-bond donors (Lipinski definition) is 1. The summed E-state index contributed by atoms with van der Waals surface area (Å²) in [5.41, 5.74) is 1.81. The Bertz CT molecular complexity index is 835. The summed E-state index contributed by atoms with van der Waals surface area (Å²) in [6, 6.07) is 4.24. The Labute approximate surface area is 126 Å². The van der Waals surface area contributed by atoms with Crippen molar-refractivity contribution in [2.45, 2.75) is 13.1 Å². The molecular weight excluding hydrogens is 317 g/mol. The zero-order chi connectivity index (χ0) is 15.9. The summed E-state index contributed by atoms with van der Waals surface area (Å²) >= 11 is 1.29. The first-order valence-electron chi connectivity index (χ1n) is 6.13. The van der Waals surface area contributed by atoms with Gasteiger partial charge in [0.1, 0.15) is 5.51 Å². The number of nitrogens with zero attached hydrogens (tertiary/aromatic N) is 3. The predicted molar refractivity (Wildman–Crippen MR) is 75.0 cm³/mol. The third kappa shape index (κ3) is 2.54. The third-order valence-electron chi connectivity index (χ3n) is 3.00. The summed E-state index contributed by atoms with van der Waals surface area (Å²) in [7, 11) is 0. The van der Waals surface area contributed by atoms with Crippen LogP contribution in [0.4, 0.5) is 18.9 Å². The van der Waals surface area contributed by atoms with Gasteiger partial charge < -0.3 is 5.32 Å². The van der Waals surface area contributed by atoms with Crippen molar-refractivity contribution < 1.29 is 18.0 Å². The van der Waals surface area contributed by atoms with Gasteiger partial charge in [-0.15, -0.1) is 0 Å². The first-order valence-corrected chi connectivity index (χ1v) is 7.01. The fraction of sp³-hybridized carbons (Fsp3) is 0.154. The summed E-state index contributed by atoms with van der Waals surface area (Å²) in [4.78, 5) is 17.0. The Hall–Kier alpha value is -2.42. The van der Waals surface area contributed by atoms with Gasteiger partial charge in [0, 0.05) is 5.69 Å². The molecule has 0 spiro atoms. The first kappa shape index (κ1) is 14.5. The molecule has 5 nitrogen and oxygen atoms in total. The molecule has 0 saturated heterocycles. The number of fused-ring (bicyclic) bond motifs is 1. The number of alkyl halides is 3. The second-order valence-corrected chi connectivity index (χ2v) is 5.32. The number of aromatic nitrogens is 3. The highest BCUT2D eigenvalue weighted by Gasteiger charge is 2.30. The maximum absolute atomic E-state index is 12.5. The van der Waals surface area contributed by atoms with E-state index in [-0.39, 0.29) is 11.4 Å². The second kappa shape index (κ2) is 5.09. The highest BCUT2D eigenvalue weighted by molar-refractivity contribution is 7.14. The zero-order valence-corrected chi connectivity index (χ0v) is 12.0. The molecule has 0 bridgehead atoms. The van der Waals surface area contributed by atoms with Gasteiger partial charge in [-0.05, 0) is 31.2 Å². The average molecular weight is 326 g/mol. The summed E-state index contributed by atoms with van der Waals surface area (Å²) in [6.45, 7) is 1.67. The van der Waals surface area contributed by atoms with Crippen LogP contribution in [-0.4, -0.2) is 20.5 Å². The molecule has 3 aromatic rings. The number of amides is 1. The van der Waals surface area contributed by atoms with E-state index in [9.17, 15) is 18.0 Å². The summed E-state index contributed by atoms with van der Waals surface area (Å²) in [5.74, 6) is -0.476. The number of rotatable bonds is 2. The largest absolute Gasteiger partial charge is 0.416 e. The van der Waals surface area contributed by atoms with Crippen molar-refractivity contribution in [3.8, 4) is 0 Å². The minimum Gasteiger partial charge on any atom is -0.321 e. The predicted octanol–water partition coefficient (Wildman–Crippen LogP) is 3.37. The van der Waals surface area contributed by atoms with Gasteiger partial charge in [0.05, 0.1) is 11.3 Å². The van der Waals surface area contributed by atoms with Gasteiger partial charge in [0.2, 0.25) is 4.96 Å². The van der Waals surface area contributed by atoms with Crippen LogP contribution in [0, 0.1) is 6.92 Å². The summed E-state index contributed by atoms with van der Waals surface area (Å²) in [6.07, 6.45) is -4.41. The lowest BCUT2D eigenvalue weighted by Gasteiger charge is -2.08.